The molecule has 0 amide bonds. The van der Waals surface area contributed by atoms with Crippen molar-refractivity contribution in [2.24, 2.45) is 0 Å². The molecule has 108 valence electrons. The highest BCUT2D eigenvalue weighted by molar-refractivity contribution is 9.09. The lowest BCUT2D eigenvalue weighted by Gasteiger charge is -2.15. The van der Waals surface area contributed by atoms with E-state index in [0.717, 1.165) is 4.90 Å². The Hall–Kier alpha value is -1.02. The number of nitrogens with two attached hydrogens (primary N) is 1. The molecule has 6 nitrogen and oxygen atoms in total. The van der Waals surface area contributed by atoms with Crippen LogP contribution in [-0.2, 0) is 0 Å². The fourth-order valence-electron chi connectivity index (χ4n) is 2.35. The second-order valence-corrected chi connectivity index (χ2v) is 6.26. The van der Waals surface area contributed by atoms with Crippen molar-refractivity contribution < 1.29 is 19.9 Å². The summed E-state index contributed by atoms with van der Waals surface area (Å²) in [4.78, 5) is 23.3. The molecular formula is C12H15BrClN3O3+2. The Balaban J connectivity index is 2.07. The number of carbonyl (C=O) groups excluding carboxylic acids is 1. The minimum atomic E-state index is -0.766. The van der Waals surface area contributed by atoms with Crippen molar-refractivity contribution in [3.8, 4) is 0 Å². The number of carbonyl (C=O) groups is 1. The fraction of sp³-hybridized carbons (Fsp3) is 0.417. The van der Waals surface area contributed by atoms with Gasteiger partial charge in [0.1, 0.15) is 6.54 Å². The summed E-state index contributed by atoms with van der Waals surface area (Å²) in [6.45, 7) is 2.09. The molecule has 0 aromatic heterocycles. The van der Waals surface area contributed by atoms with Crippen LogP contribution in [0.1, 0.15) is 17.3 Å². The van der Waals surface area contributed by atoms with Crippen LogP contribution >= 0.6 is 27.5 Å². The Morgan fingerprint density at radius 1 is 1.50 bits per heavy atom. The van der Waals surface area contributed by atoms with Crippen LogP contribution in [0.2, 0.25) is 5.02 Å². The Morgan fingerprint density at radius 3 is 2.60 bits per heavy atom. The number of halogens is 2. The van der Waals surface area contributed by atoms with E-state index in [1.54, 1.807) is 29.6 Å². The van der Waals surface area contributed by atoms with Crippen LogP contribution < -0.4 is 10.2 Å². The number of hydrogen-bond acceptors (Lipinski definition) is 3. The SMILES string of the molecule is C[C@@H]1[NH2+][C@H]([N+](=O)[O-])[C@H](Br)[NH+]1CC(=O)c1ccc(Cl)cc1. The summed E-state index contributed by atoms with van der Waals surface area (Å²) in [6.07, 6.45) is -0.816. The molecule has 1 heterocycles. The Kier molecular flexibility index (Phi) is 4.74. The maximum Gasteiger partial charge on any atom is 0.399 e. The molecule has 1 aromatic rings. The van der Waals surface area contributed by atoms with Crippen LogP contribution in [0.4, 0.5) is 0 Å². The highest BCUT2D eigenvalue weighted by Gasteiger charge is 2.52. The molecule has 1 fully saturated rings. The van der Waals surface area contributed by atoms with E-state index in [4.69, 9.17) is 11.6 Å². The normalized spacial score (nSPS) is 29.4. The van der Waals surface area contributed by atoms with Gasteiger partial charge in [0.2, 0.25) is 11.9 Å². The first-order chi connectivity index (χ1) is 9.40. The largest absolute Gasteiger partial charge is 0.399 e. The van der Waals surface area contributed by atoms with Crippen molar-refractivity contribution in [1.29, 1.82) is 0 Å². The third-order valence-corrected chi connectivity index (χ3v) is 4.88. The summed E-state index contributed by atoms with van der Waals surface area (Å²) in [6, 6.07) is 6.66. The van der Waals surface area contributed by atoms with Crippen LogP contribution in [0, 0.1) is 10.1 Å². The minimum Gasteiger partial charge on any atom is -0.288 e. The molecule has 1 aromatic carbocycles. The third-order valence-electron chi connectivity index (χ3n) is 3.50. The second-order valence-electron chi connectivity index (χ2n) is 4.84. The van der Waals surface area contributed by atoms with Crippen molar-refractivity contribution in [2.45, 2.75) is 24.2 Å². The van der Waals surface area contributed by atoms with Crippen LogP contribution in [0.25, 0.3) is 0 Å². The van der Waals surface area contributed by atoms with Gasteiger partial charge in [-0.2, -0.15) is 0 Å². The summed E-state index contributed by atoms with van der Waals surface area (Å²) in [5.74, 6) is -0.0506. The molecule has 4 atom stereocenters. The smallest absolute Gasteiger partial charge is 0.288 e. The zero-order valence-corrected chi connectivity index (χ0v) is 13.1. The van der Waals surface area contributed by atoms with Gasteiger partial charge in [-0.1, -0.05) is 11.6 Å². The number of rotatable bonds is 4. The molecule has 0 aliphatic carbocycles. The molecular weight excluding hydrogens is 350 g/mol. The van der Waals surface area contributed by atoms with Crippen LogP contribution in [0.3, 0.4) is 0 Å². The molecule has 8 heteroatoms. The van der Waals surface area contributed by atoms with Crippen molar-refractivity contribution in [1.82, 2.24) is 0 Å². The van der Waals surface area contributed by atoms with Gasteiger partial charge in [0.25, 0.3) is 4.95 Å². The van der Waals surface area contributed by atoms with Crippen LogP contribution in [0.15, 0.2) is 24.3 Å². The number of hydrogen-bond donors (Lipinski definition) is 2. The Morgan fingerprint density at radius 2 is 2.10 bits per heavy atom. The van der Waals surface area contributed by atoms with Gasteiger partial charge in [-0.05, 0) is 40.2 Å². The van der Waals surface area contributed by atoms with E-state index < -0.39 is 6.17 Å². The van der Waals surface area contributed by atoms with Gasteiger partial charge in [-0.25, -0.2) is 5.32 Å². The van der Waals surface area contributed by atoms with Gasteiger partial charge >= 0.3 is 6.17 Å². The lowest BCUT2D eigenvalue weighted by atomic mass is 10.1. The zero-order chi connectivity index (χ0) is 14.9. The molecule has 3 N–H and O–H groups in total. The molecule has 1 unspecified atom stereocenters. The predicted octanol–water partition coefficient (Wildman–Crippen LogP) is -0.346. The average Bonchev–Trinajstić information content (AvgIpc) is 2.67. The van der Waals surface area contributed by atoms with Gasteiger partial charge < -0.3 is 0 Å². The highest BCUT2D eigenvalue weighted by atomic mass is 79.9. The van der Waals surface area contributed by atoms with E-state index in [2.05, 4.69) is 15.9 Å². The standard InChI is InChI=1S/C12H13BrClN3O3/c1-7-15-12(17(19)20)11(13)16(7)6-10(18)8-2-4-9(14)5-3-8/h2-5,7,11-12,15H,6H2,1H3/p+2/t7-,11-,12-/m1/s1. The number of alkyl halides is 1. The van der Waals surface area contributed by atoms with Crippen molar-refractivity contribution in [3.63, 3.8) is 0 Å². The summed E-state index contributed by atoms with van der Waals surface area (Å²) in [7, 11) is 0. The summed E-state index contributed by atoms with van der Waals surface area (Å²) >= 11 is 9.12. The van der Waals surface area contributed by atoms with E-state index in [1.165, 1.54) is 0 Å². The lowest BCUT2D eigenvalue weighted by molar-refractivity contribution is -0.990. The average molecular weight is 365 g/mol. The van der Waals surface area contributed by atoms with E-state index in [9.17, 15) is 14.9 Å². The van der Waals surface area contributed by atoms with Gasteiger partial charge in [-0.15, -0.1) is 0 Å². The number of Topliss-reactive ketones (excluding diaryl/α,β-unsaturated/α-hetero) is 1. The second kappa shape index (κ2) is 6.17. The Labute approximate surface area is 129 Å². The van der Waals surface area contributed by atoms with Gasteiger partial charge in [0.05, 0.1) is 4.92 Å². The quantitative estimate of drug-likeness (QED) is 0.252. The van der Waals surface area contributed by atoms with Crippen LogP contribution in [0.5, 0.6) is 0 Å². The maximum atomic E-state index is 12.2. The third kappa shape index (κ3) is 3.17. The molecule has 0 saturated carbocycles. The number of nitrogens with one attached hydrogen (secondary N) is 1. The summed E-state index contributed by atoms with van der Waals surface area (Å²) < 4.78 is 0. The van der Waals surface area contributed by atoms with Crippen molar-refractivity contribution in [3.05, 3.63) is 45.0 Å². The van der Waals surface area contributed by atoms with Gasteiger partial charge in [0, 0.05) is 17.5 Å². The van der Waals surface area contributed by atoms with E-state index in [-0.39, 0.29) is 28.4 Å². The minimum absolute atomic E-state index is 0.0500. The first kappa shape index (κ1) is 15.4. The molecule has 1 saturated heterocycles. The monoisotopic (exact) mass is 363 g/mol. The number of ketones is 1. The zero-order valence-electron chi connectivity index (χ0n) is 10.8. The number of benzene rings is 1. The molecule has 0 radical (unpaired) electrons. The van der Waals surface area contributed by atoms with E-state index in [0.29, 0.717) is 10.6 Å². The number of quaternary nitrogens is 2. The van der Waals surface area contributed by atoms with Crippen molar-refractivity contribution in [2.75, 3.05) is 6.54 Å². The van der Waals surface area contributed by atoms with Crippen LogP contribution in [-0.4, -0.2) is 34.5 Å². The maximum absolute atomic E-state index is 12.2. The fourth-order valence-corrected chi connectivity index (χ4v) is 3.42. The number of nitrogens with zero attached hydrogens (tertiary/aromatic N) is 1. The molecule has 20 heavy (non-hydrogen) atoms. The summed E-state index contributed by atoms with van der Waals surface area (Å²) in [5.41, 5.74) is 0.568. The molecule has 1 aliphatic rings. The Bertz CT molecular complexity index is 525. The topological polar surface area (TPSA) is 81.3 Å². The number of nitro groups is 1. The molecule has 1 aliphatic heterocycles. The first-order valence-electron chi connectivity index (χ1n) is 6.17. The van der Waals surface area contributed by atoms with Gasteiger partial charge in [-0.3, -0.25) is 19.8 Å². The lowest BCUT2D eigenvalue weighted by Crippen LogP contribution is -3.22. The first-order valence-corrected chi connectivity index (χ1v) is 7.46. The molecule has 2 rings (SSSR count). The van der Waals surface area contributed by atoms with Crippen molar-refractivity contribution >= 4 is 33.3 Å². The molecule has 0 spiro atoms. The molecule has 0 bridgehead atoms. The van der Waals surface area contributed by atoms with Gasteiger partial charge in [0.15, 0.2) is 0 Å². The predicted molar refractivity (Wildman–Crippen MR) is 76.5 cm³/mol. The highest BCUT2D eigenvalue weighted by Crippen LogP contribution is 2.10. The van der Waals surface area contributed by atoms with E-state index in [1.807, 2.05) is 6.92 Å². The van der Waals surface area contributed by atoms with E-state index >= 15 is 0 Å². The summed E-state index contributed by atoms with van der Waals surface area (Å²) in [5, 5.41) is 13.2.